The van der Waals surface area contributed by atoms with E-state index in [9.17, 15) is 0 Å². The lowest BCUT2D eigenvalue weighted by Gasteiger charge is -2.33. The molecule has 0 N–H and O–H groups in total. The summed E-state index contributed by atoms with van der Waals surface area (Å²) >= 11 is 1.77. The fourth-order valence-electron chi connectivity index (χ4n) is 3.30. The van der Waals surface area contributed by atoms with Gasteiger partial charge in [-0.05, 0) is 33.1 Å². The summed E-state index contributed by atoms with van der Waals surface area (Å²) < 4.78 is 1.86. The molecule has 0 atom stereocenters. The lowest BCUT2D eigenvalue weighted by atomic mass is 9.97. The summed E-state index contributed by atoms with van der Waals surface area (Å²) in [7, 11) is 0. The van der Waals surface area contributed by atoms with Gasteiger partial charge >= 0.3 is 0 Å². The number of fused-ring (bicyclic) bond motifs is 1. The van der Waals surface area contributed by atoms with Gasteiger partial charge in [0.2, 0.25) is 0 Å². The molecule has 24 heavy (non-hydrogen) atoms. The molecule has 126 valence electrons. The highest BCUT2D eigenvalue weighted by molar-refractivity contribution is 7.11. The summed E-state index contributed by atoms with van der Waals surface area (Å²) in [5.41, 5.74) is 2.19. The van der Waals surface area contributed by atoms with E-state index in [1.807, 2.05) is 11.4 Å². The molecule has 4 heterocycles. The topological polar surface area (TPSA) is 72.1 Å². The van der Waals surface area contributed by atoms with Crippen molar-refractivity contribution < 1.29 is 0 Å². The van der Waals surface area contributed by atoms with Gasteiger partial charge in [0.1, 0.15) is 22.2 Å². The van der Waals surface area contributed by atoms with Crippen LogP contribution < -0.4 is 4.90 Å². The van der Waals surface area contributed by atoms with E-state index in [0.717, 1.165) is 48.9 Å². The third-order valence-electron chi connectivity index (χ3n) is 4.80. The first-order chi connectivity index (χ1) is 11.7. The van der Waals surface area contributed by atoms with E-state index in [-0.39, 0.29) is 0 Å². The Morgan fingerprint density at radius 1 is 1.21 bits per heavy atom. The quantitative estimate of drug-likeness (QED) is 0.728. The lowest BCUT2D eigenvalue weighted by molar-refractivity contribution is 0.494. The van der Waals surface area contributed by atoms with E-state index in [1.54, 1.807) is 17.7 Å². The average Bonchev–Trinajstić information content (AvgIpc) is 3.25. The Kier molecular flexibility index (Phi) is 3.91. The zero-order valence-corrected chi connectivity index (χ0v) is 15.0. The highest BCUT2D eigenvalue weighted by atomic mass is 32.1. The molecule has 0 unspecified atom stereocenters. The maximum absolute atomic E-state index is 4.51. The van der Waals surface area contributed by atoms with E-state index in [0.29, 0.717) is 11.7 Å². The molecule has 0 saturated carbocycles. The van der Waals surface area contributed by atoms with E-state index < -0.39 is 0 Å². The molecule has 4 rings (SSSR count). The van der Waals surface area contributed by atoms with Crippen LogP contribution in [0, 0.1) is 13.8 Å². The van der Waals surface area contributed by atoms with Crippen LogP contribution in [0.3, 0.4) is 0 Å². The number of hydrogen-bond acceptors (Lipinski definition) is 7. The summed E-state index contributed by atoms with van der Waals surface area (Å²) in [4.78, 5) is 11.2. The summed E-state index contributed by atoms with van der Waals surface area (Å²) in [6.45, 7) is 8.26. The number of aromatic nitrogens is 6. The molecular weight excluding hydrogens is 322 g/mol. The van der Waals surface area contributed by atoms with Crippen molar-refractivity contribution in [2.75, 3.05) is 18.0 Å². The van der Waals surface area contributed by atoms with E-state index in [4.69, 9.17) is 0 Å². The maximum Gasteiger partial charge on any atom is 0.254 e. The summed E-state index contributed by atoms with van der Waals surface area (Å²) in [5, 5.41) is 15.4. The van der Waals surface area contributed by atoms with Crippen molar-refractivity contribution in [1.82, 2.24) is 29.8 Å². The van der Waals surface area contributed by atoms with Crippen LogP contribution in [0.1, 0.15) is 47.0 Å². The minimum absolute atomic E-state index is 0.522. The molecular formula is C16H21N7S. The molecule has 0 aromatic carbocycles. The van der Waals surface area contributed by atoms with Gasteiger partial charge in [0, 0.05) is 30.3 Å². The average molecular weight is 343 g/mol. The Balaban J connectivity index is 1.58. The summed E-state index contributed by atoms with van der Waals surface area (Å²) in [6, 6.07) is 0. The third-order valence-corrected chi connectivity index (χ3v) is 6.03. The third kappa shape index (κ3) is 2.54. The van der Waals surface area contributed by atoms with Crippen molar-refractivity contribution in [2.24, 2.45) is 0 Å². The molecule has 0 bridgehead atoms. The van der Waals surface area contributed by atoms with Gasteiger partial charge in [-0.15, -0.1) is 21.5 Å². The molecule has 3 aromatic heterocycles. The molecule has 0 radical (unpaired) electrons. The molecule has 1 aliphatic rings. The van der Waals surface area contributed by atoms with Gasteiger partial charge in [-0.2, -0.15) is 14.6 Å². The smallest absolute Gasteiger partial charge is 0.254 e. The van der Waals surface area contributed by atoms with Crippen LogP contribution in [-0.2, 0) is 6.42 Å². The van der Waals surface area contributed by atoms with Gasteiger partial charge < -0.3 is 4.90 Å². The van der Waals surface area contributed by atoms with Crippen LogP contribution in [0.4, 0.5) is 5.82 Å². The number of rotatable bonds is 3. The van der Waals surface area contributed by atoms with Crippen molar-refractivity contribution in [3.63, 3.8) is 0 Å². The Morgan fingerprint density at radius 2 is 2.00 bits per heavy atom. The van der Waals surface area contributed by atoms with E-state index in [2.05, 4.69) is 44.0 Å². The Hall–Kier alpha value is -2.09. The van der Waals surface area contributed by atoms with Crippen LogP contribution in [0.25, 0.3) is 5.78 Å². The highest BCUT2D eigenvalue weighted by Crippen LogP contribution is 2.33. The van der Waals surface area contributed by atoms with Gasteiger partial charge in [-0.1, -0.05) is 6.92 Å². The minimum atomic E-state index is 0.522. The molecule has 7 nitrogen and oxygen atoms in total. The highest BCUT2D eigenvalue weighted by Gasteiger charge is 2.26. The molecule has 0 amide bonds. The standard InChI is InChI=1S/C16H21N7S/c1-4-13-20-21-14(24-13)12-5-7-22(8-6-12)15-10(2)11(3)19-16-17-9-18-23(15)16/h9,12H,4-8H2,1-3H3. The second-order valence-electron chi connectivity index (χ2n) is 6.27. The minimum Gasteiger partial charge on any atom is -0.356 e. The Labute approximate surface area is 144 Å². The van der Waals surface area contributed by atoms with Crippen LogP contribution in [0.2, 0.25) is 0 Å². The predicted octanol–water partition coefficient (Wildman–Crippen LogP) is 2.54. The second kappa shape index (κ2) is 6.08. The zero-order valence-electron chi connectivity index (χ0n) is 14.2. The number of anilines is 1. The fraction of sp³-hybridized carbons (Fsp3) is 0.562. The summed E-state index contributed by atoms with van der Waals surface area (Å²) in [6.07, 6.45) is 4.73. The van der Waals surface area contributed by atoms with Crippen LogP contribution in [-0.4, -0.2) is 42.9 Å². The SMILES string of the molecule is CCc1nnc(C2CCN(c3c(C)c(C)nc4ncnn34)CC2)s1. The van der Waals surface area contributed by atoms with Crippen molar-refractivity contribution in [3.8, 4) is 0 Å². The van der Waals surface area contributed by atoms with Gasteiger partial charge in [0.05, 0.1) is 0 Å². The molecule has 1 aliphatic heterocycles. The molecule has 1 saturated heterocycles. The largest absolute Gasteiger partial charge is 0.356 e. The molecule has 0 aliphatic carbocycles. The first-order valence-corrected chi connectivity index (χ1v) is 9.23. The van der Waals surface area contributed by atoms with Gasteiger partial charge in [-0.3, -0.25) is 0 Å². The van der Waals surface area contributed by atoms with E-state index in [1.165, 1.54) is 10.6 Å². The Morgan fingerprint density at radius 3 is 2.71 bits per heavy atom. The van der Waals surface area contributed by atoms with Gasteiger partial charge in [-0.25, -0.2) is 4.98 Å². The lowest BCUT2D eigenvalue weighted by Crippen LogP contribution is -2.35. The zero-order chi connectivity index (χ0) is 16.7. The number of nitrogens with zero attached hydrogens (tertiary/aromatic N) is 7. The van der Waals surface area contributed by atoms with Crippen LogP contribution in [0.15, 0.2) is 6.33 Å². The monoisotopic (exact) mass is 343 g/mol. The molecule has 1 fully saturated rings. The Bertz CT molecular complexity index is 861. The van der Waals surface area contributed by atoms with Crippen LogP contribution in [0.5, 0.6) is 0 Å². The van der Waals surface area contributed by atoms with Gasteiger partial charge in [0.15, 0.2) is 0 Å². The van der Waals surface area contributed by atoms with Crippen LogP contribution >= 0.6 is 11.3 Å². The number of hydrogen-bond donors (Lipinski definition) is 0. The van der Waals surface area contributed by atoms with Crippen molar-refractivity contribution in [1.29, 1.82) is 0 Å². The summed E-state index contributed by atoms with van der Waals surface area (Å²) in [5.74, 6) is 2.32. The van der Waals surface area contributed by atoms with Crippen molar-refractivity contribution in [2.45, 2.75) is 46.0 Å². The number of aryl methyl sites for hydroxylation is 2. The van der Waals surface area contributed by atoms with Gasteiger partial charge in [0.25, 0.3) is 5.78 Å². The van der Waals surface area contributed by atoms with Crippen molar-refractivity contribution in [3.05, 3.63) is 27.6 Å². The molecule has 0 spiro atoms. The normalized spacial score (nSPS) is 16.2. The maximum atomic E-state index is 4.51. The first kappa shape index (κ1) is 15.4. The fourth-order valence-corrected chi connectivity index (χ4v) is 4.25. The van der Waals surface area contributed by atoms with E-state index >= 15 is 0 Å². The number of piperidine rings is 1. The molecule has 3 aromatic rings. The predicted molar refractivity (Wildman–Crippen MR) is 93.7 cm³/mol. The molecule has 8 heteroatoms. The second-order valence-corrected chi connectivity index (χ2v) is 7.36. The van der Waals surface area contributed by atoms with Crippen molar-refractivity contribution >= 4 is 22.9 Å². The first-order valence-electron chi connectivity index (χ1n) is 8.41.